The van der Waals surface area contributed by atoms with Gasteiger partial charge in [0.25, 0.3) is 0 Å². The van der Waals surface area contributed by atoms with E-state index in [0.717, 1.165) is 10.9 Å². The number of aliphatic hydroxyl groups is 1. The molecule has 1 radical (unpaired) electrons. The third-order valence-electron chi connectivity index (χ3n) is 3.62. The number of hydrogen-bond donors (Lipinski definition) is 1. The van der Waals surface area contributed by atoms with Gasteiger partial charge < -0.3 is 0 Å². The maximum absolute atomic E-state index is 11.3. The van der Waals surface area contributed by atoms with Crippen LogP contribution in [0.5, 0.6) is 0 Å². The van der Waals surface area contributed by atoms with Crippen LogP contribution in [0.2, 0.25) is 4.44 Å². The molecule has 22 heavy (non-hydrogen) atoms. The van der Waals surface area contributed by atoms with E-state index in [0.29, 0.717) is 6.42 Å². The van der Waals surface area contributed by atoms with E-state index >= 15 is 0 Å². The van der Waals surface area contributed by atoms with Gasteiger partial charge in [-0.1, -0.05) is 0 Å². The quantitative estimate of drug-likeness (QED) is 0.564. The van der Waals surface area contributed by atoms with E-state index in [1.54, 1.807) is 0 Å². The molecule has 2 aromatic rings. The van der Waals surface area contributed by atoms with Gasteiger partial charge >= 0.3 is 139 Å². The molecule has 3 nitrogen and oxygen atoms in total. The van der Waals surface area contributed by atoms with Crippen molar-refractivity contribution in [3.05, 3.63) is 60.7 Å². The van der Waals surface area contributed by atoms with Crippen molar-refractivity contribution < 1.29 is 14.6 Å². The third-order valence-corrected chi connectivity index (χ3v) is 11.9. The average Bonchev–Trinajstić information content (AvgIpc) is 2.59. The van der Waals surface area contributed by atoms with Crippen LogP contribution in [0.15, 0.2) is 60.7 Å². The van der Waals surface area contributed by atoms with Crippen LogP contribution >= 0.6 is 0 Å². The standard InChI is InChI=1S/C6H11O3.2C6H5.Sn/c1-3-4-5(7)6(8)9-2;2*1-2-4-6-5-3-1;/h5,7H,1,3-4H2,2H3;2*1-5H;. The summed E-state index contributed by atoms with van der Waals surface area (Å²) in [6.07, 6.45) is 0.312. The van der Waals surface area contributed by atoms with E-state index < -0.39 is 31.8 Å². The molecular weight excluding hydrogens is 383 g/mol. The van der Waals surface area contributed by atoms with Crippen LogP contribution in [0.4, 0.5) is 0 Å². The molecule has 0 aliphatic rings. The molecule has 0 aliphatic heterocycles. The molecule has 0 aromatic heterocycles. The number of esters is 1. The van der Waals surface area contributed by atoms with Gasteiger partial charge in [-0.2, -0.15) is 0 Å². The Balaban J connectivity index is 2.05. The number of aliphatic hydroxyl groups excluding tert-OH is 1. The molecule has 1 unspecified atom stereocenters. The number of benzene rings is 2. The fourth-order valence-corrected chi connectivity index (χ4v) is 10.0. The predicted octanol–water partition coefficient (Wildman–Crippen LogP) is 1.61. The van der Waals surface area contributed by atoms with Crippen LogP contribution < -0.4 is 7.16 Å². The van der Waals surface area contributed by atoms with Crippen LogP contribution in [0, 0.1) is 0 Å². The molecule has 0 aliphatic carbocycles. The van der Waals surface area contributed by atoms with E-state index in [1.165, 1.54) is 14.3 Å². The maximum atomic E-state index is 11.3. The second-order valence-electron chi connectivity index (χ2n) is 5.14. The van der Waals surface area contributed by atoms with Gasteiger partial charge in [0.2, 0.25) is 0 Å². The van der Waals surface area contributed by atoms with E-state index in [4.69, 9.17) is 0 Å². The molecule has 115 valence electrons. The van der Waals surface area contributed by atoms with Gasteiger partial charge in [-0.15, -0.1) is 0 Å². The number of hydrogen-bond acceptors (Lipinski definition) is 3. The zero-order chi connectivity index (χ0) is 15.8. The zero-order valence-corrected chi connectivity index (χ0v) is 15.6. The van der Waals surface area contributed by atoms with Gasteiger partial charge in [0, 0.05) is 0 Å². The Kier molecular flexibility index (Phi) is 6.93. The van der Waals surface area contributed by atoms with E-state index in [1.807, 2.05) is 12.1 Å². The van der Waals surface area contributed by atoms with Crippen LogP contribution in [0.3, 0.4) is 0 Å². The molecule has 2 rings (SSSR count). The van der Waals surface area contributed by atoms with Crippen molar-refractivity contribution in [2.45, 2.75) is 23.4 Å². The molecule has 1 N–H and O–H groups in total. The molecule has 0 saturated carbocycles. The topological polar surface area (TPSA) is 46.5 Å². The number of methoxy groups -OCH3 is 1. The SMILES string of the molecule is COC(=O)C(O)CC[CH2][Sn]([c]1ccccc1)[c]1ccccc1. The first kappa shape index (κ1) is 17.0. The minimum absolute atomic E-state index is 0.469. The second-order valence-corrected chi connectivity index (χ2v) is 12.6. The van der Waals surface area contributed by atoms with Crippen LogP contribution in [0.25, 0.3) is 0 Å². The molecule has 1 atom stereocenters. The van der Waals surface area contributed by atoms with Crippen LogP contribution in [-0.4, -0.2) is 44.0 Å². The van der Waals surface area contributed by atoms with Crippen molar-refractivity contribution in [3.8, 4) is 0 Å². The summed E-state index contributed by atoms with van der Waals surface area (Å²) in [5.41, 5.74) is 0. The van der Waals surface area contributed by atoms with E-state index in [-0.39, 0.29) is 0 Å². The fraction of sp³-hybridized carbons (Fsp3) is 0.278. The van der Waals surface area contributed by atoms with Gasteiger partial charge in [0.05, 0.1) is 0 Å². The number of carbonyl (C=O) groups excluding carboxylic acids is 1. The molecule has 0 saturated heterocycles. The van der Waals surface area contributed by atoms with Gasteiger partial charge in [-0.3, -0.25) is 0 Å². The summed E-state index contributed by atoms with van der Waals surface area (Å²) in [6, 6.07) is 21.2. The van der Waals surface area contributed by atoms with Crippen molar-refractivity contribution in [1.29, 1.82) is 0 Å². The van der Waals surface area contributed by atoms with Crippen LogP contribution in [0.1, 0.15) is 12.8 Å². The van der Waals surface area contributed by atoms with Crippen molar-refractivity contribution in [2.75, 3.05) is 7.11 Å². The third kappa shape index (κ3) is 4.85. The first-order valence-corrected chi connectivity index (χ1v) is 12.3. The first-order valence-electron chi connectivity index (χ1n) is 7.45. The summed E-state index contributed by atoms with van der Waals surface area (Å²) in [5, 5.41) is 9.72. The summed E-state index contributed by atoms with van der Waals surface area (Å²) >= 11 is -1.97. The van der Waals surface area contributed by atoms with Crippen molar-refractivity contribution in [2.24, 2.45) is 0 Å². The van der Waals surface area contributed by atoms with Crippen molar-refractivity contribution in [3.63, 3.8) is 0 Å². The zero-order valence-electron chi connectivity index (χ0n) is 12.7. The molecule has 0 amide bonds. The minimum atomic E-state index is -1.97. The molecule has 2 aromatic carbocycles. The Labute approximate surface area is 138 Å². The van der Waals surface area contributed by atoms with Crippen LogP contribution in [-0.2, 0) is 9.53 Å². The van der Waals surface area contributed by atoms with Gasteiger partial charge in [0.15, 0.2) is 0 Å². The molecule has 0 spiro atoms. The number of rotatable bonds is 7. The Morgan fingerprint density at radius 2 is 1.55 bits per heavy atom. The molecule has 0 bridgehead atoms. The van der Waals surface area contributed by atoms with Crippen molar-refractivity contribution in [1.82, 2.24) is 0 Å². The Bertz CT molecular complexity index is 532. The molecule has 0 fully saturated rings. The molecular formula is C18H21O3Sn. The summed E-state index contributed by atoms with van der Waals surface area (Å²) in [4.78, 5) is 11.3. The van der Waals surface area contributed by atoms with Gasteiger partial charge in [0.1, 0.15) is 0 Å². The first-order chi connectivity index (χ1) is 10.7. The fourth-order valence-electron chi connectivity index (χ4n) is 2.46. The van der Waals surface area contributed by atoms with Gasteiger partial charge in [-0.25, -0.2) is 0 Å². The van der Waals surface area contributed by atoms with Crippen molar-refractivity contribution >= 4 is 32.9 Å². The molecule has 0 heterocycles. The Hall–Kier alpha value is -1.33. The predicted molar refractivity (Wildman–Crippen MR) is 90.0 cm³/mol. The average molecular weight is 404 g/mol. The second kappa shape index (κ2) is 8.95. The summed E-state index contributed by atoms with van der Waals surface area (Å²) in [6.45, 7) is 0. The number of carbonyl (C=O) groups is 1. The monoisotopic (exact) mass is 405 g/mol. The normalized spacial score (nSPS) is 12.1. The molecule has 4 heteroatoms. The summed E-state index contributed by atoms with van der Waals surface area (Å²) in [5.74, 6) is -0.537. The summed E-state index contributed by atoms with van der Waals surface area (Å²) < 4.78 is 8.54. The van der Waals surface area contributed by atoms with E-state index in [2.05, 4.69) is 53.3 Å². The Morgan fingerprint density at radius 1 is 1.05 bits per heavy atom. The van der Waals surface area contributed by atoms with Gasteiger partial charge in [-0.05, 0) is 0 Å². The van der Waals surface area contributed by atoms with E-state index in [9.17, 15) is 9.90 Å². The summed E-state index contributed by atoms with van der Waals surface area (Å²) in [7, 11) is 1.31. The Morgan fingerprint density at radius 3 is 2.00 bits per heavy atom. The number of ether oxygens (including phenoxy) is 1.